The number of ether oxygens (including phenoxy) is 1. The molecule has 4 rings (SSSR count). The molecule has 0 bridgehead atoms. The van der Waals surface area contributed by atoms with Gasteiger partial charge in [-0.1, -0.05) is 25.0 Å². The molecule has 0 saturated carbocycles. The number of nitrogens with two attached hydrogens (primary N) is 1. The Kier molecular flexibility index (Phi) is 11.7. The van der Waals surface area contributed by atoms with Gasteiger partial charge in [-0.15, -0.1) is 12.4 Å². The maximum absolute atomic E-state index is 14.6. The van der Waals surface area contributed by atoms with E-state index in [0.717, 1.165) is 25.7 Å². The standard InChI is InChI=1S/C30H34FN5O5.ClH/c31-23-15-20(6-7-21(23)18-32)30-29(25(38)17-27(34-30)36-12-10-22(33)11-13-36)19-8-9-26(24(37)16-19)41-14-4-2-1-3-5-28(39)35-40;/h6-9,15-17,22,37,40H,1-5,10-14,33H2,(H,34,38)(H,35,39);1H. The average Bonchev–Trinajstić information content (AvgIpc) is 2.97. The van der Waals surface area contributed by atoms with Crippen molar-refractivity contribution in [1.29, 1.82) is 5.26 Å². The molecular weight excluding hydrogens is 565 g/mol. The van der Waals surface area contributed by atoms with E-state index in [1.165, 1.54) is 18.2 Å². The van der Waals surface area contributed by atoms with Crippen molar-refractivity contribution in [1.82, 2.24) is 10.5 Å². The Balaban J connectivity index is 0.00000484. The lowest BCUT2D eigenvalue weighted by Gasteiger charge is -2.31. The second-order valence-electron chi connectivity index (χ2n) is 10.1. The number of hydrogen-bond acceptors (Lipinski definition) is 9. The van der Waals surface area contributed by atoms with E-state index in [1.54, 1.807) is 29.7 Å². The molecule has 0 radical (unpaired) electrons. The lowest BCUT2D eigenvalue weighted by molar-refractivity contribution is -0.129. The van der Waals surface area contributed by atoms with Crippen LogP contribution in [0.3, 0.4) is 0 Å². The molecule has 0 atom stereocenters. The molecule has 1 aromatic heterocycles. The molecule has 0 spiro atoms. The van der Waals surface area contributed by atoms with Gasteiger partial charge in [-0.05, 0) is 55.5 Å². The summed E-state index contributed by atoms with van der Waals surface area (Å²) in [6, 6.07) is 12.4. The van der Waals surface area contributed by atoms with Gasteiger partial charge in [-0.25, -0.2) is 14.9 Å². The lowest BCUT2D eigenvalue weighted by Crippen LogP contribution is -2.40. The number of carbonyl (C=O) groups is 1. The smallest absolute Gasteiger partial charge is 0.243 e. The molecule has 0 unspecified atom stereocenters. The van der Waals surface area contributed by atoms with Crippen LogP contribution in [-0.2, 0) is 4.79 Å². The highest BCUT2D eigenvalue weighted by Gasteiger charge is 2.23. The quantitative estimate of drug-likeness (QED) is 0.115. The number of phenols is 1. The van der Waals surface area contributed by atoms with Gasteiger partial charge < -0.3 is 25.6 Å². The fraction of sp³-hybridized carbons (Fsp3) is 0.367. The second-order valence-corrected chi connectivity index (χ2v) is 10.1. The van der Waals surface area contributed by atoms with Gasteiger partial charge in [-0.3, -0.25) is 10.0 Å². The highest BCUT2D eigenvalue weighted by molar-refractivity contribution is 5.87. The van der Waals surface area contributed by atoms with E-state index in [0.29, 0.717) is 60.7 Å². The molecule has 2 heterocycles. The number of carbonyl (C=O) groups excluding carboxylic acids is 1. The van der Waals surface area contributed by atoms with E-state index in [2.05, 4.69) is 0 Å². The first kappa shape index (κ1) is 32.4. The third-order valence-electron chi connectivity index (χ3n) is 7.14. The van der Waals surface area contributed by atoms with E-state index in [-0.39, 0.29) is 47.7 Å². The summed E-state index contributed by atoms with van der Waals surface area (Å²) in [5.41, 5.74) is 8.99. The van der Waals surface area contributed by atoms with Crippen molar-refractivity contribution in [2.24, 2.45) is 5.73 Å². The van der Waals surface area contributed by atoms with Gasteiger partial charge in [0.05, 0.1) is 23.4 Å². The Hall–Kier alpha value is -4.11. The molecule has 1 aliphatic rings. The minimum Gasteiger partial charge on any atom is -0.507 e. The molecule has 12 heteroatoms. The molecule has 42 heavy (non-hydrogen) atoms. The molecule has 1 saturated heterocycles. The minimum absolute atomic E-state index is 0. The number of halogens is 2. The lowest BCUT2D eigenvalue weighted by atomic mass is 9.96. The van der Waals surface area contributed by atoms with Crippen molar-refractivity contribution in [3.05, 3.63) is 53.8 Å². The van der Waals surface area contributed by atoms with E-state index < -0.39 is 11.7 Å². The van der Waals surface area contributed by atoms with Crippen molar-refractivity contribution in [2.45, 2.75) is 51.0 Å². The number of rotatable bonds is 11. The Morgan fingerprint density at radius 1 is 1.07 bits per heavy atom. The molecule has 1 fully saturated rings. The number of anilines is 1. The van der Waals surface area contributed by atoms with Gasteiger partial charge in [0.25, 0.3) is 0 Å². The van der Waals surface area contributed by atoms with Gasteiger partial charge in [0.2, 0.25) is 5.91 Å². The number of nitrogens with one attached hydrogen (secondary N) is 1. The monoisotopic (exact) mass is 599 g/mol. The van der Waals surface area contributed by atoms with Crippen LogP contribution >= 0.6 is 12.4 Å². The number of aromatic nitrogens is 1. The number of nitriles is 1. The van der Waals surface area contributed by atoms with Crippen molar-refractivity contribution in [2.75, 3.05) is 24.6 Å². The van der Waals surface area contributed by atoms with Gasteiger partial charge >= 0.3 is 0 Å². The summed E-state index contributed by atoms with van der Waals surface area (Å²) in [4.78, 5) is 17.9. The third-order valence-corrected chi connectivity index (χ3v) is 7.14. The summed E-state index contributed by atoms with van der Waals surface area (Å²) in [5, 5.41) is 39.6. The van der Waals surface area contributed by atoms with Crippen molar-refractivity contribution in [3.63, 3.8) is 0 Å². The number of hydrogen-bond donors (Lipinski definition) is 5. The van der Waals surface area contributed by atoms with Crippen molar-refractivity contribution in [3.8, 4) is 45.7 Å². The molecule has 1 amide bonds. The van der Waals surface area contributed by atoms with E-state index in [9.17, 15) is 19.4 Å². The summed E-state index contributed by atoms with van der Waals surface area (Å²) in [7, 11) is 0. The van der Waals surface area contributed by atoms with Crippen LogP contribution in [0.5, 0.6) is 17.2 Å². The predicted molar refractivity (Wildman–Crippen MR) is 158 cm³/mol. The predicted octanol–water partition coefficient (Wildman–Crippen LogP) is 5.02. The molecule has 3 aromatic rings. The first-order valence-corrected chi connectivity index (χ1v) is 13.6. The number of piperidine rings is 1. The van der Waals surface area contributed by atoms with Crippen LogP contribution in [0.25, 0.3) is 22.4 Å². The van der Waals surface area contributed by atoms with Gasteiger partial charge in [-0.2, -0.15) is 5.26 Å². The molecule has 10 nitrogen and oxygen atoms in total. The van der Waals surface area contributed by atoms with E-state index in [4.69, 9.17) is 25.9 Å². The summed E-state index contributed by atoms with van der Waals surface area (Å²) in [6.45, 7) is 1.69. The van der Waals surface area contributed by atoms with Crippen LogP contribution < -0.4 is 20.9 Å². The highest BCUT2D eigenvalue weighted by Crippen LogP contribution is 2.43. The Labute approximate surface area is 249 Å². The molecule has 0 aliphatic carbocycles. The zero-order valence-corrected chi connectivity index (χ0v) is 23.9. The van der Waals surface area contributed by atoms with Crippen LogP contribution in [0.15, 0.2) is 42.5 Å². The number of benzene rings is 2. The maximum Gasteiger partial charge on any atom is 0.243 e. The Morgan fingerprint density at radius 2 is 1.79 bits per heavy atom. The zero-order chi connectivity index (χ0) is 29.4. The normalized spacial score (nSPS) is 13.2. The minimum atomic E-state index is -0.699. The maximum atomic E-state index is 14.6. The van der Waals surface area contributed by atoms with E-state index >= 15 is 0 Å². The fourth-order valence-electron chi connectivity index (χ4n) is 4.83. The summed E-state index contributed by atoms with van der Waals surface area (Å²) in [5.74, 6) is -0.534. The summed E-state index contributed by atoms with van der Waals surface area (Å²) >= 11 is 0. The van der Waals surface area contributed by atoms with Crippen molar-refractivity contribution < 1.29 is 29.3 Å². The van der Waals surface area contributed by atoms with Gasteiger partial charge in [0.15, 0.2) is 11.5 Å². The average molecular weight is 600 g/mol. The summed E-state index contributed by atoms with van der Waals surface area (Å²) < 4.78 is 20.4. The second kappa shape index (κ2) is 15.2. The van der Waals surface area contributed by atoms with Gasteiger partial charge in [0.1, 0.15) is 23.5 Å². The van der Waals surface area contributed by atoms with Crippen LogP contribution in [0.1, 0.15) is 50.5 Å². The molecule has 1 aliphatic heterocycles. The largest absolute Gasteiger partial charge is 0.507 e. The van der Waals surface area contributed by atoms with E-state index in [1.807, 2.05) is 11.0 Å². The third kappa shape index (κ3) is 8.00. The number of unbranched alkanes of at least 4 members (excludes halogenated alkanes) is 3. The Bertz CT molecular complexity index is 1430. The van der Waals surface area contributed by atoms with Gasteiger partial charge in [0, 0.05) is 37.2 Å². The summed E-state index contributed by atoms with van der Waals surface area (Å²) in [6.07, 6.45) is 4.79. The van der Waals surface area contributed by atoms with Crippen LogP contribution in [0, 0.1) is 17.1 Å². The number of amides is 1. The first-order valence-electron chi connectivity index (χ1n) is 13.6. The molecular formula is C30H35ClFN5O5. The Morgan fingerprint density at radius 3 is 2.45 bits per heavy atom. The number of hydroxylamine groups is 1. The molecule has 224 valence electrons. The number of nitrogens with zero attached hydrogens (tertiary/aromatic N) is 3. The molecule has 2 aromatic carbocycles. The molecule has 6 N–H and O–H groups in total. The topological polar surface area (TPSA) is 165 Å². The van der Waals surface area contributed by atoms with Crippen LogP contribution in [0.4, 0.5) is 10.2 Å². The highest BCUT2D eigenvalue weighted by atomic mass is 35.5. The van der Waals surface area contributed by atoms with Crippen LogP contribution in [-0.4, -0.2) is 52.0 Å². The van der Waals surface area contributed by atoms with Crippen LogP contribution in [0.2, 0.25) is 0 Å². The van der Waals surface area contributed by atoms with Crippen molar-refractivity contribution >= 4 is 24.1 Å². The number of aromatic hydroxyl groups is 2. The fourth-order valence-corrected chi connectivity index (χ4v) is 4.83. The number of phenolic OH excluding ortho intramolecular Hbond substituents is 1. The SMILES string of the molecule is Cl.N#Cc1ccc(-c2nc(N3CCC(N)CC3)cc(O)c2-c2ccc(OCCCCCCC(=O)NO)c(O)c2)cc1F. The first-order chi connectivity index (χ1) is 19.8. The number of pyridine rings is 1. The zero-order valence-electron chi connectivity index (χ0n) is 23.1.